The Morgan fingerprint density at radius 2 is 1.39 bits per heavy atom. The van der Waals surface area contributed by atoms with Gasteiger partial charge in [0, 0.05) is 5.69 Å². The molecule has 9 nitrogen and oxygen atoms in total. The molecule has 0 bridgehead atoms. The number of nitrogens with one attached hydrogen (secondary N) is 4. The first kappa shape index (κ1) is 19.5. The second-order valence-electron chi connectivity index (χ2n) is 5.16. The molecule has 9 heteroatoms. The van der Waals surface area contributed by atoms with Crippen molar-refractivity contribution in [2.24, 2.45) is 0 Å². The topological polar surface area (TPSA) is 154 Å². The molecule has 0 aliphatic heterocycles. The highest BCUT2D eigenvalue weighted by Crippen LogP contribution is 2.18. The molecule has 0 fully saturated rings. The Labute approximate surface area is 160 Å². The largest absolute Gasteiger partial charge is 0.344 e. The number of para-hydroxylation sites is 2. The van der Waals surface area contributed by atoms with Crippen molar-refractivity contribution in [3.05, 3.63) is 71.4 Å². The van der Waals surface area contributed by atoms with Crippen molar-refractivity contribution in [3.8, 4) is 18.2 Å². The van der Waals surface area contributed by atoms with E-state index >= 15 is 0 Å². The molecule has 3 amide bonds. The minimum atomic E-state index is -0.668. The van der Waals surface area contributed by atoms with E-state index < -0.39 is 17.5 Å². The SMILES string of the molecule is N#CC(C#N)=C(C#N)Nc1ccccc1C(=O)NNC(=O)Nc1ccccc1. The maximum Gasteiger partial charge on any atom is 0.337 e. The summed E-state index contributed by atoms with van der Waals surface area (Å²) in [5.41, 5.74) is 4.55. The lowest BCUT2D eigenvalue weighted by Gasteiger charge is -2.12. The van der Waals surface area contributed by atoms with Crippen LogP contribution in [0.15, 0.2) is 65.9 Å². The Hall–Kier alpha value is -4.81. The van der Waals surface area contributed by atoms with Crippen molar-refractivity contribution < 1.29 is 9.59 Å². The van der Waals surface area contributed by atoms with Crippen molar-refractivity contribution in [2.75, 3.05) is 10.6 Å². The molecule has 0 radical (unpaired) electrons. The lowest BCUT2D eigenvalue weighted by atomic mass is 10.1. The Balaban J connectivity index is 2.10. The Bertz CT molecular complexity index is 1020. The molecule has 136 valence electrons. The Morgan fingerprint density at radius 1 is 0.750 bits per heavy atom. The highest BCUT2D eigenvalue weighted by Gasteiger charge is 2.14. The molecule has 28 heavy (non-hydrogen) atoms. The minimum absolute atomic E-state index is 0.0884. The number of hydrogen-bond acceptors (Lipinski definition) is 6. The van der Waals surface area contributed by atoms with Gasteiger partial charge in [-0.3, -0.25) is 10.2 Å². The zero-order valence-corrected chi connectivity index (χ0v) is 14.4. The number of carbonyl (C=O) groups excluding carboxylic acids is 2. The number of anilines is 2. The molecule has 0 unspecified atom stereocenters. The standard InChI is InChI=1S/C19H13N7O2/c20-10-13(11-21)17(12-22)24-16-9-5-4-8-15(16)18(27)25-26-19(28)23-14-6-2-1-3-7-14/h1-9,24H,(H,25,27)(H2,23,26,28). The van der Waals surface area contributed by atoms with Crippen LogP contribution < -0.4 is 21.5 Å². The van der Waals surface area contributed by atoms with E-state index in [9.17, 15) is 9.59 Å². The van der Waals surface area contributed by atoms with Crippen molar-refractivity contribution in [1.29, 1.82) is 15.8 Å². The van der Waals surface area contributed by atoms with Crippen LogP contribution in [0.1, 0.15) is 10.4 Å². The van der Waals surface area contributed by atoms with Crippen LogP contribution in [-0.4, -0.2) is 11.9 Å². The maximum atomic E-state index is 12.4. The van der Waals surface area contributed by atoms with Crippen LogP contribution in [0.25, 0.3) is 0 Å². The second-order valence-corrected chi connectivity index (χ2v) is 5.16. The van der Waals surface area contributed by atoms with Gasteiger partial charge < -0.3 is 10.6 Å². The fourth-order valence-electron chi connectivity index (χ4n) is 2.07. The molecule has 2 aromatic rings. The zero-order valence-electron chi connectivity index (χ0n) is 14.4. The van der Waals surface area contributed by atoms with Crippen molar-refractivity contribution in [1.82, 2.24) is 10.9 Å². The van der Waals surface area contributed by atoms with Crippen LogP contribution in [0, 0.1) is 34.0 Å². The number of benzene rings is 2. The van der Waals surface area contributed by atoms with E-state index in [1.807, 2.05) is 0 Å². The van der Waals surface area contributed by atoms with Crippen LogP contribution in [-0.2, 0) is 0 Å². The molecule has 0 aliphatic rings. The molecule has 2 rings (SSSR count). The predicted octanol–water partition coefficient (Wildman–Crippen LogP) is 2.39. The first-order valence-corrected chi connectivity index (χ1v) is 7.82. The van der Waals surface area contributed by atoms with E-state index in [4.69, 9.17) is 15.8 Å². The van der Waals surface area contributed by atoms with E-state index in [1.165, 1.54) is 12.1 Å². The number of urea groups is 1. The van der Waals surface area contributed by atoms with Gasteiger partial charge in [0.05, 0.1) is 11.3 Å². The van der Waals surface area contributed by atoms with Crippen LogP contribution in [0.5, 0.6) is 0 Å². The van der Waals surface area contributed by atoms with Crippen LogP contribution >= 0.6 is 0 Å². The molecule has 0 heterocycles. The van der Waals surface area contributed by atoms with Crippen LogP contribution in [0.4, 0.5) is 16.2 Å². The third-order valence-corrected chi connectivity index (χ3v) is 3.34. The van der Waals surface area contributed by atoms with Gasteiger partial charge in [-0.05, 0) is 24.3 Å². The van der Waals surface area contributed by atoms with Gasteiger partial charge in [0.25, 0.3) is 5.91 Å². The summed E-state index contributed by atoms with van der Waals surface area (Å²) in [6.07, 6.45) is 0. The molecule has 0 atom stereocenters. The summed E-state index contributed by atoms with van der Waals surface area (Å²) in [4.78, 5) is 24.2. The Morgan fingerprint density at radius 3 is 2.04 bits per heavy atom. The van der Waals surface area contributed by atoms with E-state index in [0.717, 1.165) is 0 Å². The van der Waals surface area contributed by atoms with Crippen molar-refractivity contribution in [3.63, 3.8) is 0 Å². The molecule has 2 aromatic carbocycles. The first-order valence-electron chi connectivity index (χ1n) is 7.82. The Kier molecular flexibility index (Phi) is 6.70. The molecule has 0 saturated heterocycles. The monoisotopic (exact) mass is 371 g/mol. The number of rotatable bonds is 4. The molecular weight excluding hydrogens is 358 g/mol. The number of nitriles is 3. The highest BCUT2D eigenvalue weighted by molar-refractivity contribution is 6.01. The molecule has 0 aliphatic carbocycles. The number of hydrazine groups is 1. The summed E-state index contributed by atoms with van der Waals surface area (Å²) in [5.74, 6) is -0.668. The smallest absolute Gasteiger partial charge is 0.337 e. The van der Waals surface area contributed by atoms with Gasteiger partial charge in [-0.2, -0.15) is 15.8 Å². The first-order chi connectivity index (χ1) is 13.6. The number of allylic oxidation sites excluding steroid dienone is 2. The van der Waals surface area contributed by atoms with Gasteiger partial charge in [-0.25, -0.2) is 10.2 Å². The minimum Gasteiger partial charge on any atom is -0.344 e. The van der Waals surface area contributed by atoms with Crippen molar-refractivity contribution >= 4 is 23.3 Å². The van der Waals surface area contributed by atoms with Crippen LogP contribution in [0.3, 0.4) is 0 Å². The van der Waals surface area contributed by atoms with Gasteiger partial charge in [-0.1, -0.05) is 30.3 Å². The molecule has 0 saturated carbocycles. The fraction of sp³-hybridized carbons (Fsp3) is 0. The summed E-state index contributed by atoms with van der Waals surface area (Å²) in [7, 11) is 0. The van der Waals surface area contributed by atoms with Crippen LogP contribution in [0.2, 0.25) is 0 Å². The molecule has 4 N–H and O–H groups in total. The summed E-state index contributed by atoms with van der Waals surface area (Å²) in [6.45, 7) is 0. The summed E-state index contributed by atoms with van der Waals surface area (Å²) in [5, 5.41) is 32.0. The highest BCUT2D eigenvalue weighted by atomic mass is 16.2. The third kappa shape index (κ3) is 5.09. The summed E-state index contributed by atoms with van der Waals surface area (Å²) >= 11 is 0. The third-order valence-electron chi connectivity index (χ3n) is 3.34. The lowest BCUT2D eigenvalue weighted by molar-refractivity contribution is 0.0938. The van der Waals surface area contributed by atoms with Gasteiger partial charge in [0.2, 0.25) is 0 Å². The number of carbonyl (C=O) groups is 2. The zero-order chi connectivity index (χ0) is 20.4. The van der Waals surface area contributed by atoms with E-state index in [1.54, 1.807) is 60.7 Å². The summed E-state index contributed by atoms with van der Waals surface area (Å²) < 4.78 is 0. The van der Waals surface area contributed by atoms with Gasteiger partial charge in [0.1, 0.15) is 23.9 Å². The van der Waals surface area contributed by atoms with Gasteiger partial charge >= 0.3 is 6.03 Å². The number of nitrogens with zero attached hydrogens (tertiary/aromatic N) is 3. The van der Waals surface area contributed by atoms with Gasteiger partial charge in [-0.15, -0.1) is 0 Å². The lowest BCUT2D eigenvalue weighted by Crippen LogP contribution is -2.44. The van der Waals surface area contributed by atoms with E-state index in [-0.39, 0.29) is 16.9 Å². The second kappa shape index (κ2) is 9.62. The average Bonchev–Trinajstić information content (AvgIpc) is 2.73. The average molecular weight is 371 g/mol. The molecular formula is C19H13N7O2. The number of amides is 3. The molecule has 0 aromatic heterocycles. The van der Waals surface area contributed by atoms with Crippen molar-refractivity contribution in [2.45, 2.75) is 0 Å². The number of hydrogen-bond donors (Lipinski definition) is 4. The summed E-state index contributed by atoms with van der Waals surface area (Å²) in [6, 6.07) is 19.0. The van der Waals surface area contributed by atoms with Gasteiger partial charge in [0.15, 0.2) is 5.57 Å². The maximum absolute atomic E-state index is 12.4. The normalized spacial score (nSPS) is 8.89. The van der Waals surface area contributed by atoms with E-state index in [2.05, 4.69) is 21.5 Å². The quantitative estimate of drug-likeness (QED) is 0.478. The predicted molar refractivity (Wildman–Crippen MR) is 100.0 cm³/mol. The van der Waals surface area contributed by atoms with E-state index in [0.29, 0.717) is 5.69 Å². The fourth-order valence-corrected chi connectivity index (χ4v) is 2.07. The molecule has 0 spiro atoms.